The topological polar surface area (TPSA) is 82.8 Å². The summed E-state index contributed by atoms with van der Waals surface area (Å²) >= 11 is 6.23. The highest BCUT2D eigenvalue weighted by atomic mass is 35.5. The number of fused-ring (bicyclic) bond motifs is 1. The van der Waals surface area contributed by atoms with Crippen molar-refractivity contribution in [3.8, 4) is 16.9 Å². The second-order valence-electron chi connectivity index (χ2n) is 6.45. The summed E-state index contributed by atoms with van der Waals surface area (Å²) in [6.45, 7) is 0.982. The summed E-state index contributed by atoms with van der Waals surface area (Å²) in [6.07, 6.45) is 3.49. The lowest BCUT2D eigenvalue weighted by Gasteiger charge is -2.18. The van der Waals surface area contributed by atoms with Gasteiger partial charge >= 0.3 is 5.63 Å². The Hall–Kier alpha value is -3.15. The molecule has 0 bridgehead atoms. The number of hydrogen-bond donors (Lipinski definition) is 1. The van der Waals surface area contributed by atoms with Crippen molar-refractivity contribution in [3.63, 3.8) is 0 Å². The molecule has 0 unspecified atom stereocenters. The van der Waals surface area contributed by atoms with Crippen LogP contribution in [0.5, 0.6) is 5.75 Å². The van der Waals surface area contributed by atoms with Crippen molar-refractivity contribution in [1.82, 2.24) is 4.98 Å². The Balaban J connectivity index is 1.78. The lowest BCUT2D eigenvalue weighted by atomic mass is 9.99. The van der Waals surface area contributed by atoms with E-state index in [9.17, 15) is 9.90 Å². The zero-order chi connectivity index (χ0) is 19.5. The van der Waals surface area contributed by atoms with E-state index in [0.29, 0.717) is 35.2 Å². The van der Waals surface area contributed by atoms with Gasteiger partial charge in [0.2, 0.25) is 0 Å². The highest BCUT2D eigenvalue weighted by molar-refractivity contribution is 6.33. The van der Waals surface area contributed by atoms with Crippen LogP contribution in [-0.4, -0.2) is 4.98 Å². The molecule has 0 aliphatic rings. The van der Waals surface area contributed by atoms with Crippen molar-refractivity contribution in [3.05, 3.63) is 93.6 Å². The van der Waals surface area contributed by atoms with Gasteiger partial charge in [0.25, 0.3) is 0 Å². The summed E-state index contributed by atoms with van der Waals surface area (Å²) in [5.41, 5.74) is 2.78. The Labute approximate surface area is 166 Å². The van der Waals surface area contributed by atoms with Crippen LogP contribution in [0.15, 0.2) is 76.2 Å². The average Bonchev–Trinajstić information content (AvgIpc) is 2.72. The number of nitrogens with two attached hydrogens (primary N) is 1. The van der Waals surface area contributed by atoms with Gasteiger partial charge in [-0.3, -0.25) is 4.98 Å². The van der Waals surface area contributed by atoms with Crippen molar-refractivity contribution in [1.29, 1.82) is 0 Å². The molecule has 4 aromatic rings. The molecule has 4 rings (SSSR count). The largest absolute Gasteiger partial charge is 0.871 e. The highest BCUT2D eigenvalue weighted by Crippen LogP contribution is 2.36. The summed E-state index contributed by atoms with van der Waals surface area (Å²) in [6, 6.07) is 16.3. The minimum absolute atomic E-state index is 0.114. The Kier molecular flexibility index (Phi) is 5.10. The molecule has 0 saturated heterocycles. The fourth-order valence-electron chi connectivity index (χ4n) is 3.25. The highest BCUT2D eigenvalue weighted by Gasteiger charge is 2.15. The molecular formula is C22H17ClN2O3. The first-order valence-electron chi connectivity index (χ1n) is 8.85. The Morgan fingerprint density at radius 1 is 1.07 bits per heavy atom. The lowest BCUT2D eigenvalue weighted by molar-refractivity contribution is -0.686. The normalized spacial score (nSPS) is 11.0. The van der Waals surface area contributed by atoms with Crippen molar-refractivity contribution < 1.29 is 14.8 Å². The van der Waals surface area contributed by atoms with Gasteiger partial charge in [-0.05, 0) is 23.3 Å². The predicted molar refractivity (Wildman–Crippen MR) is 106 cm³/mol. The van der Waals surface area contributed by atoms with Gasteiger partial charge in [0, 0.05) is 40.0 Å². The maximum atomic E-state index is 12.7. The lowest BCUT2D eigenvalue weighted by Crippen LogP contribution is -2.80. The molecule has 0 aliphatic heterocycles. The van der Waals surface area contributed by atoms with E-state index in [-0.39, 0.29) is 10.8 Å². The van der Waals surface area contributed by atoms with E-state index in [1.807, 2.05) is 47.8 Å². The van der Waals surface area contributed by atoms with Crippen molar-refractivity contribution in [2.75, 3.05) is 0 Å². The van der Waals surface area contributed by atoms with Gasteiger partial charge in [0.05, 0.1) is 0 Å². The average molecular weight is 393 g/mol. The first-order valence-corrected chi connectivity index (χ1v) is 9.23. The van der Waals surface area contributed by atoms with E-state index in [0.717, 1.165) is 11.1 Å². The van der Waals surface area contributed by atoms with Crippen LogP contribution in [0, 0.1) is 0 Å². The fourth-order valence-corrected chi connectivity index (χ4v) is 3.48. The molecule has 6 heteroatoms. The van der Waals surface area contributed by atoms with Crippen molar-refractivity contribution >= 4 is 22.6 Å². The van der Waals surface area contributed by atoms with Crippen LogP contribution in [0.25, 0.3) is 22.1 Å². The molecule has 28 heavy (non-hydrogen) atoms. The van der Waals surface area contributed by atoms with E-state index < -0.39 is 5.63 Å². The number of quaternary nitrogens is 1. The number of benzene rings is 2. The van der Waals surface area contributed by atoms with E-state index >= 15 is 0 Å². The van der Waals surface area contributed by atoms with Crippen LogP contribution in [0.1, 0.15) is 11.1 Å². The third-order valence-corrected chi connectivity index (χ3v) is 4.85. The molecule has 2 aromatic heterocycles. The van der Waals surface area contributed by atoms with Gasteiger partial charge in [-0.2, -0.15) is 0 Å². The number of pyridine rings is 1. The van der Waals surface area contributed by atoms with Gasteiger partial charge < -0.3 is 14.8 Å². The molecule has 0 atom stereocenters. The Morgan fingerprint density at radius 2 is 1.89 bits per heavy atom. The molecule has 2 aromatic carbocycles. The number of rotatable bonds is 5. The minimum Gasteiger partial charge on any atom is -0.871 e. The molecule has 0 fully saturated rings. The molecule has 0 aliphatic carbocycles. The Morgan fingerprint density at radius 3 is 2.64 bits per heavy atom. The predicted octanol–water partition coefficient (Wildman–Crippen LogP) is 2.85. The van der Waals surface area contributed by atoms with Gasteiger partial charge in [-0.25, -0.2) is 4.79 Å². The molecular weight excluding hydrogens is 376 g/mol. The molecule has 5 nitrogen and oxygen atoms in total. The first kappa shape index (κ1) is 18.2. The quantitative estimate of drug-likeness (QED) is 0.529. The van der Waals surface area contributed by atoms with Gasteiger partial charge in [-0.15, -0.1) is 0 Å². The van der Waals surface area contributed by atoms with Crippen LogP contribution < -0.4 is 16.0 Å². The van der Waals surface area contributed by atoms with Crippen LogP contribution in [0.4, 0.5) is 0 Å². The van der Waals surface area contributed by atoms with E-state index in [2.05, 4.69) is 4.98 Å². The second-order valence-corrected chi connectivity index (χ2v) is 6.85. The maximum Gasteiger partial charge on any atom is 0.336 e. The molecule has 0 spiro atoms. The number of hydrogen-bond acceptors (Lipinski definition) is 4. The molecule has 2 heterocycles. The fraction of sp³-hybridized carbons (Fsp3) is 0.0909. The number of aromatic nitrogens is 1. The zero-order valence-corrected chi connectivity index (χ0v) is 15.6. The summed E-state index contributed by atoms with van der Waals surface area (Å²) in [4.78, 5) is 16.3. The van der Waals surface area contributed by atoms with Crippen LogP contribution >= 0.6 is 11.6 Å². The second kappa shape index (κ2) is 7.84. The molecule has 0 radical (unpaired) electrons. The van der Waals surface area contributed by atoms with Crippen LogP contribution in [0.2, 0.25) is 5.02 Å². The summed E-state index contributed by atoms with van der Waals surface area (Å²) in [7, 11) is 0. The first-order chi connectivity index (χ1) is 13.6. The Bertz CT molecular complexity index is 1180. The van der Waals surface area contributed by atoms with E-state index in [1.165, 1.54) is 6.07 Å². The molecule has 140 valence electrons. The summed E-state index contributed by atoms with van der Waals surface area (Å²) < 4.78 is 5.45. The smallest absolute Gasteiger partial charge is 0.336 e. The minimum atomic E-state index is -0.499. The van der Waals surface area contributed by atoms with Gasteiger partial charge in [0.1, 0.15) is 18.7 Å². The third-order valence-electron chi connectivity index (χ3n) is 4.57. The SMILES string of the molecule is O=c1cc(-c2ccccc2)c2cc(Cl)c([O-])c(C[NH2+]Cc3cccnc3)c2o1. The van der Waals surface area contributed by atoms with E-state index in [4.69, 9.17) is 16.0 Å². The molecule has 0 amide bonds. The third kappa shape index (κ3) is 3.63. The number of halogens is 1. The molecule has 2 N–H and O–H groups in total. The zero-order valence-electron chi connectivity index (χ0n) is 14.9. The van der Waals surface area contributed by atoms with Crippen LogP contribution in [-0.2, 0) is 13.1 Å². The van der Waals surface area contributed by atoms with Crippen LogP contribution in [0.3, 0.4) is 0 Å². The van der Waals surface area contributed by atoms with Crippen molar-refractivity contribution in [2.45, 2.75) is 13.1 Å². The summed E-state index contributed by atoms with van der Waals surface area (Å²) in [5, 5.41) is 15.4. The number of nitrogens with zero attached hydrogens (tertiary/aromatic N) is 1. The standard InChI is InChI=1S/C22H17ClN2O3/c23-19-9-17-16(15-6-2-1-3-7-15)10-20(26)28-22(17)18(21(19)27)13-25-12-14-5-4-8-24-11-14/h1-11,25,27H,12-13H2. The maximum absolute atomic E-state index is 12.7. The van der Waals surface area contributed by atoms with Gasteiger partial charge in [-0.1, -0.05) is 53.7 Å². The van der Waals surface area contributed by atoms with E-state index in [1.54, 1.807) is 18.5 Å². The van der Waals surface area contributed by atoms with Crippen molar-refractivity contribution in [2.24, 2.45) is 0 Å². The monoisotopic (exact) mass is 392 g/mol. The summed E-state index contributed by atoms with van der Waals surface area (Å²) in [5.74, 6) is -0.315. The molecule has 0 saturated carbocycles. The van der Waals surface area contributed by atoms with Gasteiger partial charge in [0.15, 0.2) is 0 Å².